The first kappa shape index (κ1) is 30.3. The minimum Gasteiger partial charge on any atom is -0.406 e. The van der Waals surface area contributed by atoms with Gasteiger partial charge in [-0.1, -0.05) is 50.2 Å². The highest BCUT2D eigenvalue weighted by molar-refractivity contribution is 7.07. The molecule has 0 radical (unpaired) electrons. The molecule has 1 fully saturated rings. The standard InChI is InChI=1S/C33H31F3N6O2S/c1-20(2)27-14-5-21(3)17-28(27)42-22(4)18-45-31(42)38-30(43)39-32(15-16-32)24-8-6-23(7-9-24)29-37-19-41(40-29)25-10-12-26(13-11-25)44-33(34,35)36/h5-14,17-20H,15-16H2,1-4H3,(H,39,43). The molecule has 2 heterocycles. The molecule has 1 aliphatic rings. The second-order valence-electron chi connectivity index (χ2n) is 11.5. The van der Waals surface area contributed by atoms with Gasteiger partial charge in [0, 0.05) is 16.6 Å². The summed E-state index contributed by atoms with van der Waals surface area (Å²) in [4.78, 5) is 22.7. The first-order valence-corrected chi connectivity index (χ1v) is 15.3. The molecule has 8 nitrogen and oxygen atoms in total. The van der Waals surface area contributed by atoms with E-state index in [4.69, 9.17) is 0 Å². The second kappa shape index (κ2) is 11.7. The average molecular weight is 633 g/mol. The Hall–Kier alpha value is -4.71. The Kier molecular flexibility index (Phi) is 7.86. The van der Waals surface area contributed by atoms with Gasteiger partial charge >= 0.3 is 12.4 Å². The maximum Gasteiger partial charge on any atom is 0.573 e. The lowest BCUT2D eigenvalue weighted by molar-refractivity contribution is -0.274. The van der Waals surface area contributed by atoms with E-state index in [1.54, 1.807) is 0 Å². The quantitative estimate of drug-likeness (QED) is 0.199. The summed E-state index contributed by atoms with van der Waals surface area (Å²) in [6.07, 6.45) is -1.66. The molecule has 0 saturated heterocycles. The van der Waals surface area contributed by atoms with Crippen molar-refractivity contribution in [2.24, 2.45) is 4.99 Å². The van der Waals surface area contributed by atoms with E-state index in [9.17, 15) is 18.0 Å². The normalized spacial score (nSPS) is 14.5. The molecule has 6 rings (SSSR count). The fraction of sp³-hybridized carbons (Fsp3) is 0.273. The number of thiazole rings is 1. The molecule has 5 aromatic rings. The number of amides is 2. The number of urea groups is 1. The van der Waals surface area contributed by atoms with Crippen molar-refractivity contribution < 1.29 is 22.7 Å². The van der Waals surface area contributed by atoms with E-state index in [-0.39, 0.29) is 5.75 Å². The largest absolute Gasteiger partial charge is 0.573 e. The zero-order valence-electron chi connectivity index (χ0n) is 25.1. The number of rotatable bonds is 7. The van der Waals surface area contributed by atoms with Crippen LogP contribution in [0.2, 0.25) is 0 Å². The highest BCUT2D eigenvalue weighted by Gasteiger charge is 2.45. The number of alkyl halides is 3. The summed E-state index contributed by atoms with van der Waals surface area (Å²) in [5, 5.41) is 9.63. The Morgan fingerprint density at radius 2 is 1.76 bits per heavy atom. The topological polar surface area (TPSA) is 86.3 Å². The molecule has 2 aromatic heterocycles. The van der Waals surface area contributed by atoms with Gasteiger partial charge in [-0.3, -0.25) is 4.57 Å². The smallest absolute Gasteiger partial charge is 0.406 e. The highest BCUT2D eigenvalue weighted by Crippen LogP contribution is 2.46. The van der Waals surface area contributed by atoms with Crippen LogP contribution in [0.5, 0.6) is 5.75 Å². The highest BCUT2D eigenvalue weighted by atomic mass is 32.1. The van der Waals surface area contributed by atoms with Gasteiger partial charge in [0.05, 0.1) is 16.9 Å². The lowest BCUT2D eigenvalue weighted by Gasteiger charge is -2.17. The maximum absolute atomic E-state index is 13.3. The third-order valence-electron chi connectivity index (χ3n) is 7.74. The molecular formula is C33H31F3N6O2S. The van der Waals surface area contributed by atoms with Gasteiger partial charge in [0.15, 0.2) is 10.6 Å². The number of nitrogens with one attached hydrogen (secondary N) is 1. The summed E-state index contributed by atoms with van der Waals surface area (Å²) in [6, 6.07) is 19.0. The second-order valence-corrected chi connectivity index (χ2v) is 12.3. The fourth-order valence-electron chi connectivity index (χ4n) is 5.29. The number of hydrogen-bond acceptors (Lipinski definition) is 5. The summed E-state index contributed by atoms with van der Waals surface area (Å²) in [6.45, 7) is 8.39. The summed E-state index contributed by atoms with van der Waals surface area (Å²) in [7, 11) is 0. The number of aromatic nitrogens is 4. The van der Waals surface area contributed by atoms with Crippen LogP contribution < -0.4 is 14.9 Å². The van der Waals surface area contributed by atoms with E-state index in [1.807, 2.05) is 36.6 Å². The number of carbonyl (C=O) groups is 1. The monoisotopic (exact) mass is 632 g/mol. The molecule has 1 aliphatic carbocycles. The van der Waals surface area contributed by atoms with Crippen molar-refractivity contribution in [3.63, 3.8) is 0 Å². The van der Waals surface area contributed by atoms with Crippen LogP contribution in [0.25, 0.3) is 22.8 Å². The van der Waals surface area contributed by atoms with Crippen molar-refractivity contribution in [1.29, 1.82) is 0 Å². The zero-order chi connectivity index (χ0) is 31.9. The van der Waals surface area contributed by atoms with Gasteiger partial charge in [-0.05, 0) is 79.6 Å². The van der Waals surface area contributed by atoms with Crippen LogP contribution >= 0.6 is 11.3 Å². The molecule has 2 amide bonds. The number of halogens is 3. The lowest BCUT2D eigenvalue weighted by atomic mass is 9.99. The van der Waals surface area contributed by atoms with Crippen LogP contribution in [0.1, 0.15) is 55.0 Å². The molecule has 3 aromatic carbocycles. The Bertz CT molecular complexity index is 1920. The Morgan fingerprint density at radius 1 is 1.04 bits per heavy atom. The van der Waals surface area contributed by atoms with Crippen molar-refractivity contribution >= 4 is 17.4 Å². The SMILES string of the molecule is Cc1ccc(C(C)C)c(-n2c(C)csc2=NC(=O)NC2(c3ccc(-c4ncn(-c5ccc(OC(F)(F)F)cc5)n4)cc3)CC2)c1. The van der Waals surface area contributed by atoms with Crippen molar-refractivity contribution in [1.82, 2.24) is 24.6 Å². The van der Waals surface area contributed by atoms with E-state index >= 15 is 0 Å². The van der Waals surface area contributed by atoms with Gasteiger partial charge < -0.3 is 10.1 Å². The van der Waals surface area contributed by atoms with Gasteiger partial charge in [-0.25, -0.2) is 14.5 Å². The first-order valence-electron chi connectivity index (χ1n) is 14.4. The van der Waals surface area contributed by atoms with Gasteiger partial charge in [0.2, 0.25) is 0 Å². The zero-order valence-corrected chi connectivity index (χ0v) is 25.9. The van der Waals surface area contributed by atoms with E-state index in [0.717, 1.165) is 40.9 Å². The molecule has 12 heteroatoms. The fourth-order valence-corrected chi connectivity index (χ4v) is 6.15. The van der Waals surface area contributed by atoms with Crippen LogP contribution in [0, 0.1) is 13.8 Å². The van der Waals surface area contributed by atoms with Crippen LogP contribution in [-0.4, -0.2) is 31.7 Å². The molecular weight excluding hydrogens is 601 g/mol. The van der Waals surface area contributed by atoms with E-state index in [1.165, 1.54) is 52.2 Å². The van der Waals surface area contributed by atoms with Gasteiger partial charge in [-0.15, -0.1) is 29.6 Å². The minimum absolute atomic E-state index is 0.309. The van der Waals surface area contributed by atoms with Gasteiger partial charge in [0.25, 0.3) is 0 Å². The molecule has 0 bridgehead atoms. The molecule has 0 spiro atoms. The molecule has 232 valence electrons. The predicted octanol–water partition coefficient (Wildman–Crippen LogP) is 7.72. The number of ether oxygens (including phenoxy) is 1. The third-order valence-corrected chi connectivity index (χ3v) is 8.69. The molecule has 0 aliphatic heterocycles. The summed E-state index contributed by atoms with van der Waals surface area (Å²) >= 11 is 1.44. The van der Waals surface area contributed by atoms with Crippen LogP contribution in [0.3, 0.4) is 0 Å². The van der Waals surface area contributed by atoms with E-state index in [2.05, 4.69) is 68.7 Å². The Morgan fingerprint density at radius 3 is 2.40 bits per heavy atom. The Labute approximate surface area is 261 Å². The summed E-state index contributed by atoms with van der Waals surface area (Å²) in [5.41, 5.74) is 6.15. The first-order chi connectivity index (χ1) is 21.4. The minimum atomic E-state index is -4.75. The van der Waals surface area contributed by atoms with E-state index in [0.29, 0.717) is 22.2 Å². The molecule has 0 unspecified atom stereocenters. The maximum atomic E-state index is 13.3. The van der Waals surface area contributed by atoms with Crippen LogP contribution in [-0.2, 0) is 5.54 Å². The number of aryl methyl sites for hydroxylation is 2. The van der Waals surface area contributed by atoms with Crippen molar-refractivity contribution in [3.05, 3.63) is 106 Å². The van der Waals surface area contributed by atoms with Gasteiger partial charge in [0.1, 0.15) is 12.1 Å². The summed E-state index contributed by atoms with van der Waals surface area (Å²) in [5.74, 6) is 0.451. The molecule has 45 heavy (non-hydrogen) atoms. The molecule has 1 N–H and O–H groups in total. The third kappa shape index (κ3) is 6.56. The van der Waals surface area contributed by atoms with E-state index < -0.39 is 17.9 Å². The van der Waals surface area contributed by atoms with Crippen molar-refractivity contribution in [3.8, 4) is 28.5 Å². The van der Waals surface area contributed by atoms with Crippen molar-refractivity contribution in [2.45, 2.75) is 58.4 Å². The molecule has 0 atom stereocenters. The summed E-state index contributed by atoms with van der Waals surface area (Å²) < 4.78 is 44.8. The van der Waals surface area contributed by atoms with Gasteiger partial charge in [-0.2, -0.15) is 4.99 Å². The number of carbonyl (C=O) groups excluding carboxylic acids is 1. The molecule has 1 saturated carbocycles. The van der Waals surface area contributed by atoms with Crippen LogP contribution in [0.4, 0.5) is 18.0 Å². The lowest BCUT2D eigenvalue weighted by Crippen LogP contribution is -2.34. The number of nitrogens with zero attached hydrogens (tertiary/aromatic N) is 5. The number of hydrogen-bond donors (Lipinski definition) is 1. The number of benzene rings is 3. The van der Waals surface area contributed by atoms with Crippen LogP contribution in [0.15, 0.2) is 83.4 Å². The Balaban J connectivity index is 1.18. The predicted molar refractivity (Wildman–Crippen MR) is 166 cm³/mol. The average Bonchev–Trinajstić information content (AvgIpc) is 3.42. The van der Waals surface area contributed by atoms with Crippen molar-refractivity contribution in [2.75, 3.05) is 0 Å².